The molecule has 6 rings (SSSR count). The third-order valence-corrected chi connectivity index (χ3v) is 8.67. The lowest BCUT2D eigenvalue weighted by Crippen LogP contribution is -2.51. The number of carbonyl (C=O) groups excluding carboxylic acids is 1. The van der Waals surface area contributed by atoms with Crippen molar-refractivity contribution in [1.29, 1.82) is 0 Å². The van der Waals surface area contributed by atoms with Crippen molar-refractivity contribution in [3.05, 3.63) is 143 Å². The predicted octanol–water partition coefficient (Wildman–Crippen LogP) is 7.59. The van der Waals surface area contributed by atoms with E-state index in [1.165, 1.54) is 23.8 Å². The molecule has 0 unspecified atom stereocenters. The SMILES string of the molecule is COC(=O)c1[nH]c2ccccc2c1CCC1CCN(C(c2ccccc2)(c2ccccc2)c2ccccc2)CC1. The maximum absolute atomic E-state index is 12.6. The number of hydrogen-bond donors (Lipinski definition) is 1. The van der Waals surface area contributed by atoms with Crippen molar-refractivity contribution >= 4 is 16.9 Å². The maximum Gasteiger partial charge on any atom is 0.354 e. The van der Waals surface area contributed by atoms with E-state index in [4.69, 9.17) is 4.74 Å². The summed E-state index contributed by atoms with van der Waals surface area (Å²) in [7, 11) is 1.45. The molecule has 4 nitrogen and oxygen atoms in total. The Kier molecular flexibility index (Phi) is 7.52. The number of hydrogen-bond acceptors (Lipinski definition) is 3. The van der Waals surface area contributed by atoms with Gasteiger partial charge >= 0.3 is 5.97 Å². The number of H-pyrrole nitrogens is 1. The number of esters is 1. The van der Waals surface area contributed by atoms with Crippen LogP contribution in [0.2, 0.25) is 0 Å². The van der Waals surface area contributed by atoms with Crippen molar-refractivity contribution in [3.8, 4) is 0 Å². The van der Waals surface area contributed by atoms with E-state index in [1.807, 2.05) is 18.2 Å². The summed E-state index contributed by atoms with van der Waals surface area (Å²) >= 11 is 0. The molecule has 1 N–H and O–H groups in total. The Bertz CT molecular complexity index is 1460. The number of piperidine rings is 1. The first-order valence-corrected chi connectivity index (χ1v) is 14.3. The summed E-state index contributed by atoms with van der Waals surface area (Å²) in [5, 5.41) is 1.12. The third-order valence-electron chi connectivity index (χ3n) is 8.67. The quantitative estimate of drug-likeness (QED) is 0.167. The molecule has 0 spiro atoms. The Hall–Kier alpha value is -4.15. The Balaban J connectivity index is 1.28. The Morgan fingerprint density at radius 3 is 1.80 bits per heavy atom. The summed E-state index contributed by atoms with van der Waals surface area (Å²) in [6.07, 6.45) is 4.14. The first-order chi connectivity index (χ1) is 19.7. The number of benzene rings is 4. The van der Waals surface area contributed by atoms with Gasteiger partial charge in [0.05, 0.1) is 12.6 Å². The molecule has 0 saturated carbocycles. The maximum atomic E-state index is 12.6. The predicted molar refractivity (Wildman–Crippen MR) is 161 cm³/mol. The Morgan fingerprint density at radius 1 is 0.775 bits per heavy atom. The highest BCUT2D eigenvalue weighted by Gasteiger charge is 2.43. The van der Waals surface area contributed by atoms with Gasteiger partial charge in [0, 0.05) is 10.9 Å². The van der Waals surface area contributed by atoms with Crippen LogP contribution < -0.4 is 0 Å². The average molecular weight is 529 g/mol. The fourth-order valence-electron chi connectivity index (χ4n) is 6.73. The monoisotopic (exact) mass is 528 g/mol. The second-order valence-corrected chi connectivity index (χ2v) is 10.8. The normalized spacial score (nSPS) is 14.8. The molecule has 4 aromatic carbocycles. The lowest BCUT2D eigenvalue weighted by molar-refractivity contribution is 0.0593. The molecule has 0 radical (unpaired) electrons. The largest absolute Gasteiger partial charge is 0.464 e. The summed E-state index contributed by atoms with van der Waals surface area (Å²) < 4.78 is 5.10. The minimum absolute atomic E-state index is 0.292. The van der Waals surface area contributed by atoms with Gasteiger partial charge in [0.1, 0.15) is 5.69 Å². The van der Waals surface area contributed by atoms with E-state index in [9.17, 15) is 4.79 Å². The molecule has 0 bridgehead atoms. The smallest absolute Gasteiger partial charge is 0.354 e. The molecule has 0 aliphatic carbocycles. The first kappa shape index (κ1) is 26.1. The van der Waals surface area contributed by atoms with Crippen LogP contribution in [0.5, 0.6) is 0 Å². The zero-order chi connectivity index (χ0) is 27.4. The van der Waals surface area contributed by atoms with Gasteiger partial charge in [0.25, 0.3) is 0 Å². The number of nitrogens with one attached hydrogen (secondary N) is 1. The number of methoxy groups -OCH3 is 1. The van der Waals surface area contributed by atoms with Gasteiger partial charge in [0.2, 0.25) is 0 Å². The Morgan fingerprint density at radius 2 is 1.27 bits per heavy atom. The van der Waals surface area contributed by atoms with Gasteiger partial charge in [0.15, 0.2) is 0 Å². The van der Waals surface area contributed by atoms with Crippen LogP contribution in [0.25, 0.3) is 10.9 Å². The van der Waals surface area contributed by atoms with Crippen LogP contribution in [0.15, 0.2) is 115 Å². The van der Waals surface area contributed by atoms with Gasteiger partial charge in [-0.1, -0.05) is 109 Å². The molecule has 1 fully saturated rings. The van der Waals surface area contributed by atoms with Gasteiger partial charge in [-0.25, -0.2) is 4.79 Å². The molecule has 2 heterocycles. The van der Waals surface area contributed by atoms with Crippen LogP contribution in [-0.2, 0) is 16.7 Å². The van der Waals surface area contributed by atoms with E-state index >= 15 is 0 Å². The standard InChI is InChI=1S/C36H36N2O2/c1-40-35(39)34-32(31-19-11-12-20-33(31)37-34)22-21-27-23-25-38(26-24-27)36(28-13-5-2-6-14-28,29-15-7-3-8-16-29)30-17-9-4-10-18-30/h2-20,27,37H,21-26H2,1H3. The topological polar surface area (TPSA) is 45.3 Å². The fourth-order valence-corrected chi connectivity index (χ4v) is 6.73. The number of para-hydroxylation sites is 1. The van der Waals surface area contributed by atoms with Gasteiger partial charge < -0.3 is 9.72 Å². The van der Waals surface area contributed by atoms with Crippen molar-refractivity contribution in [2.24, 2.45) is 5.92 Å². The highest BCUT2D eigenvalue weighted by Crippen LogP contribution is 2.44. The number of aromatic amines is 1. The molecular weight excluding hydrogens is 492 g/mol. The Labute approximate surface area is 236 Å². The van der Waals surface area contributed by atoms with Crippen molar-refractivity contribution in [3.63, 3.8) is 0 Å². The van der Waals surface area contributed by atoms with E-state index in [1.54, 1.807) is 0 Å². The summed E-state index contributed by atoms with van der Waals surface area (Å²) in [5.41, 5.74) is 6.21. The van der Waals surface area contributed by atoms with Gasteiger partial charge in [-0.05, 0) is 73.0 Å². The zero-order valence-electron chi connectivity index (χ0n) is 23.1. The van der Waals surface area contributed by atoms with Crippen LogP contribution >= 0.6 is 0 Å². The molecule has 0 amide bonds. The van der Waals surface area contributed by atoms with Crippen LogP contribution in [0, 0.1) is 5.92 Å². The summed E-state index contributed by atoms with van der Waals surface area (Å²) in [6, 6.07) is 41.1. The number of ether oxygens (including phenoxy) is 1. The van der Waals surface area contributed by atoms with Crippen LogP contribution in [-0.4, -0.2) is 36.1 Å². The van der Waals surface area contributed by atoms with E-state index in [0.29, 0.717) is 11.6 Å². The van der Waals surface area contributed by atoms with Crippen LogP contribution in [0.3, 0.4) is 0 Å². The fraction of sp³-hybridized carbons (Fsp3) is 0.250. The number of likely N-dealkylation sites (tertiary alicyclic amines) is 1. The van der Waals surface area contributed by atoms with E-state index in [2.05, 4.69) is 107 Å². The summed E-state index contributed by atoms with van der Waals surface area (Å²) in [5.74, 6) is 0.301. The van der Waals surface area contributed by atoms with Crippen molar-refractivity contribution in [1.82, 2.24) is 9.88 Å². The van der Waals surface area contributed by atoms with Crippen LogP contribution in [0.1, 0.15) is 52.0 Å². The molecule has 4 heteroatoms. The second-order valence-electron chi connectivity index (χ2n) is 10.8. The first-order valence-electron chi connectivity index (χ1n) is 14.3. The molecule has 40 heavy (non-hydrogen) atoms. The van der Waals surface area contributed by atoms with Gasteiger partial charge in [-0.2, -0.15) is 0 Å². The molecule has 5 aromatic rings. The number of nitrogens with zero attached hydrogens (tertiary/aromatic N) is 1. The van der Waals surface area contributed by atoms with E-state index < -0.39 is 0 Å². The molecule has 0 atom stereocenters. The average Bonchev–Trinajstić information content (AvgIpc) is 3.41. The zero-order valence-corrected chi connectivity index (χ0v) is 23.1. The van der Waals surface area contributed by atoms with Crippen LogP contribution in [0.4, 0.5) is 0 Å². The third kappa shape index (κ3) is 4.73. The number of aryl methyl sites for hydroxylation is 1. The number of carbonyl (C=O) groups is 1. The van der Waals surface area contributed by atoms with E-state index in [0.717, 1.165) is 55.2 Å². The minimum Gasteiger partial charge on any atom is -0.464 e. The highest BCUT2D eigenvalue weighted by molar-refractivity contribution is 5.98. The lowest BCUT2D eigenvalue weighted by atomic mass is 9.74. The minimum atomic E-state index is -0.357. The van der Waals surface area contributed by atoms with E-state index in [-0.39, 0.29) is 11.5 Å². The van der Waals surface area contributed by atoms with Gasteiger partial charge in [-0.15, -0.1) is 0 Å². The second kappa shape index (κ2) is 11.5. The molecule has 1 aliphatic rings. The molecule has 202 valence electrons. The highest BCUT2D eigenvalue weighted by atomic mass is 16.5. The molecule has 1 aromatic heterocycles. The molecule has 1 saturated heterocycles. The van der Waals surface area contributed by atoms with Crippen molar-refractivity contribution in [2.75, 3.05) is 20.2 Å². The molecule has 1 aliphatic heterocycles. The van der Waals surface area contributed by atoms with Crippen molar-refractivity contribution in [2.45, 2.75) is 31.2 Å². The number of fused-ring (bicyclic) bond motifs is 1. The summed E-state index contributed by atoms with van der Waals surface area (Å²) in [6.45, 7) is 2.00. The van der Waals surface area contributed by atoms with Crippen molar-refractivity contribution < 1.29 is 9.53 Å². The lowest BCUT2D eigenvalue weighted by Gasteiger charge is -2.48. The number of aromatic nitrogens is 1. The number of rotatable bonds is 8. The summed E-state index contributed by atoms with van der Waals surface area (Å²) in [4.78, 5) is 18.5. The molecular formula is C36H36N2O2. The van der Waals surface area contributed by atoms with Gasteiger partial charge in [-0.3, -0.25) is 4.90 Å².